The van der Waals surface area contributed by atoms with Crippen LogP contribution in [-0.2, 0) is 9.59 Å². The normalized spacial score (nSPS) is 31.5. The van der Waals surface area contributed by atoms with Gasteiger partial charge in [0.2, 0.25) is 5.91 Å². The fourth-order valence-electron chi connectivity index (χ4n) is 2.97. The minimum Gasteiger partial charge on any atom is -0.481 e. The SMILES string of the molecule is O=C(O)C1CCCCCC1N1CCCC1=O. The maximum atomic E-state index is 11.7. The van der Waals surface area contributed by atoms with Crippen LogP contribution in [-0.4, -0.2) is 34.5 Å². The van der Waals surface area contributed by atoms with Gasteiger partial charge in [-0.2, -0.15) is 0 Å². The van der Waals surface area contributed by atoms with Crippen molar-refractivity contribution in [1.29, 1.82) is 0 Å². The predicted molar refractivity (Wildman–Crippen MR) is 58.9 cm³/mol. The number of carboxylic acids is 1. The molecule has 2 unspecified atom stereocenters. The molecular weight excluding hydrogens is 206 g/mol. The maximum absolute atomic E-state index is 11.7. The largest absolute Gasteiger partial charge is 0.481 e. The van der Waals surface area contributed by atoms with Crippen molar-refractivity contribution in [2.45, 2.75) is 51.0 Å². The van der Waals surface area contributed by atoms with E-state index in [0.29, 0.717) is 6.42 Å². The van der Waals surface area contributed by atoms with Crippen LogP contribution in [0.25, 0.3) is 0 Å². The Hall–Kier alpha value is -1.06. The zero-order valence-corrected chi connectivity index (χ0v) is 9.52. The Morgan fingerprint density at radius 2 is 1.94 bits per heavy atom. The van der Waals surface area contributed by atoms with Crippen molar-refractivity contribution in [3.63, 3.8) is 0 Å². The van der Waals surface area contributed by atoms with Crippen LogP contribution in [0.15, 0.2) is 0 Å². The molecule has 1 N–H and O–H groups in total. The number of carbonyl (C=O) groups excluding carboxylic acids is 1. The molecule has 0 aromatic heterocycles. The van der Waals surface area contributed by atoms with Gasteiger partial charge in [-0.05, 0) is 19.3 Å². The highest BCUT2D eigenvalue weighted by Gasteiger charge is 2.37. The highest BCUT2D eigenvalue weighted by molar-refractivity contribution is 5.80. The van der Waals surface area contributed by atoms with E-state index in [4.69, 9.17) is 0 Å². The molecule has 0 aromatic rings. The van der Waals surface area contributed by atoms with Crippen LogP contribution in [0, 0.1) is 5.92 Å². The Labute approximate surface area is 95.6 Å². The topological polar surface area (TPSA) is 57.6 Å². The van der Waals surface area contributed by atoms with E-state index in [0.717, 1.165) is 45.1 Å². The van der Waals surface area contributed by atoms with Crippen LogP contribution >= 0.6 is 0 Å². The zero-order chi connectivity index (χ0) is 11.5. The monoisotopic (exact) mass is 225 g/mol. The first-order valence-electron chi connectivity index (χ1n) is 6.22. The van der Waals surface area contributed by atoms with Crippen molar-refractivity contribution in [1.82, 2.24) is 4.90 Å². The molecule has 1 aliphatic heterocycles. The zero-order valence-electron chi connectivity index (χ0n) is 9.52. The Kier molecular flexibility index (Phi) is 3.46. The van der Waals surface area contributed by atoms with Crippen molar-refractivity contribution in [2.24, 2.45) is 5.92 Å². The van der Waals surface area contributed by atoms with E-state index in [1.807, 2.05) is 4.90 Å². The molecule has 1 heterocycles. The van der Waals surface area contributed by atoms with Crippen molar-refractivity contribution in [3.05, 3.63) is 0 Å². The first-order chi connectivity index (χ1) is 7.70. The molecule has 4 heteroatoms. The fraction of sp³-hybridized carbons (Fsp3) is 0.833. The lowest BCUT2D eigenvalue weighted by Gasteiger charge is -2.31. The Morgan fingerprint density at radius 3 is 2.56 bits per heavy atom. The second-order valence-corrected chi connectivity index (χ2v) is 4.84. The van der Waals surface area contributed by atoms with Gasteiger partial charge in [-0.1, -0.05) is 19.3 Å². The summed E-state index contributed by atoms with van der Waals surface area (Å²) in [5.41, 5.74) is 0. The molecule has 90 valence electrons. The lowest BCUT2D eigenvalue weighted by molar-refractivity contribution is -0.146. The van der Waals surface area contributed by atoms with Crippen LogP contribution < -0.4 is 0 Å². The summed E-state index contributed by atoms with van der Waals surface area (Å²) < 4.78 is 0. The van der Waals surface area contributed by atoms with Crippen molar-refractivity contribution >= 4 is 11.9 Å². The number of carboxylic acid groups (broad SMARTS) is 1. The van der Waals surface area contributed by atoms with Crippen molar-refractivity contribution < 1.29 is 14.7 Å². The summed E-state index contributed by atoms with van der Waals surface area (Å²) >= 11 is 0. The van der Waals surface area contributed by atoms with E-state index < -0.39 is 5.97 Å². The maximum Gasteiger partial charge on any atom is 0.308 e. The van der Waals surface area contributed by atoms with E-state index in [9.17, 15) is 14.7 Å². The molecule has 2 atom stereocenters. The molecule has 0 radical (unpaired) electrons. The molecule has 0 aromatic carbocycles. The van der Waals surface area contributed by atoms with Crippen molar-refractivity contribution in [2.75, 3.05) is 6.54 Å². The minimum absolute atomic E-state index is 0.0463. The second kappa shape index (κ2) is 4.85. The summed E-state index contributed by atoms with van der Waals surface area (Å²) in [6.07, 6.45) is 6.22. The van der Waals surface area contributed by atoms with Gasteiger partial charge in [-0.15, -0.1) is 0 Å². The number of aliphatic carboxylic acids is 1. The summed E-state index contributed by atoms with van der Waals surface area (Å²) in [6.45, 7) is 0.757. The highest BCUT2D eigenvalue weighted by Crippen LogP contribution is 2.30. The van der Waals surface area contributed by atoms with Gasteiger partial charge >= 0.3 is 5.97 Å². The van der Waals surface area contributed by atoms with Gasteiger partial charge in [0, 0.05) is 19.0 Å². The third-order valence-electron chi connectivity index (χ3n) is 3.81. The van der Waals surface area contributed by atoms with Crippen molar-refractivity contribution in [3.8, 4) is 0 Å². The first-order valence-corrected chi connectivity index (χ1v) is 6.22. The number of likely N-dealkylation sites (tertiary alicyclic amines) is 1. The average molecular weight is 225 g/mol. The van der Waals surface area contributed by atoms with Gasteiger partial charge in [0.1, 0.15) is 0 Å². The Balaban J connectivity index is 2.13. The Morgan fingerprint density at radius 1 is 1.19 bits per heavy atom. The van der Waals surface area contributed by atoms with E-state index in [2.05, 4.69) is 0 Å². The van der Waals surface area contributed by atoms with Gasteiger partial charge in [-0.25, -0.2) is 0 Å². The van der Waals surface area contributed by atoms with Crippen LogP contribution in [0.2, 0.25) is 0 Å². The van der Waals surface area contributed by atoms with Crippen LogP contribution in [0.5, 0.6) is 0 Å². The number of hydrogen-bond acceptors (Lipinski definition) is 2. The molecule has 2 aliphatic rings. The lowest BCUT2D eigenvalue weighted by Crippen LogP contribution is -2.43. The lowest BCUT2D eigenvalue weighted by atomic mass is 9.93. The quantitative estimate of drug-likeness (QED) is 0.727. The number of carbonyl (C=O) groups is 2. The standard InChI is InChI=1S/C12H19NO3/c14-11-7-4-8-13(11)10-6-3-1-2-5-9(10)12(15)16/h9-10H,1-8H2,(H,15,16). The summed E-state index contributed by atoms with van der Waals surface area (Å²) in [5.74, 6) is -0.922. The molecule has 2 fully saturated rings. The number of hydrogen-bond donors (Lipinski definition) is 1. The van der Waals surface area contributed by atoms with E-state index >= 15 is 0 Å². The van der Waals surface area contributed by atoms with Gasteiger partial charge in [-0.3, -0.25) is 9.59 Å². The minimum atomic E-state index is -0.730. The number of rotatable bonds is 2. The summed E-state index contributed by atoms with van der Waals surface area (Å²) in [4.78, 5) is 24.8. The molecule has 16 heavy (non-hydrogen) atoms. The highest BCUT2D eigenvalue weighted by atomic mass is 16.4. The molecule has 1 saturated heterocycles. The summed E-state index contributed by atoms with van der Waals surface area (Å²) in [5, 5.41) is 9.24. The molecule has 1 aliphatic carbocycles. The smallest absolute Gasteiger partial charge is 0.308 e. The van der Waals surface area contributed by atoms with E-state index in [1.165, 1.54) is 0 Å². The first kappa shape index (κ1) is 11.4. The van der Waals surface area contributed by atoms with Gasteiger partial charge < -0.3 is 10.0 Å². The molecule has 4 nitrogen and oxygen atoms in total. The Bertz CT molecular complexity index is 290. The van der Waals surface area contributed by atoms with Gasteiger partial charge in [0.25, 0.3) is 0 Å². The predicted octanol–water partition coefficient (Wildman–Crippen LogP) is 1.64. The summed E-state index contributed by atoms with van der Waals surface area (Å²) in [7, 11) is 0. The van der Waals surface area contributed by atoms with Crippen LogP contribution in [0.1, 0.15) is 44.9 Å². The fourth-order valence-corrected chi connectivity index (χ4v) is 2.97. The summed E-state index contributed by atoms with van der Waals surface area (Å²) in [6, 6.07) is -0.0463. The third-order valence-corrected chi connectivity index (χ3v) is 3.81. The molecule has 1 amide bonds. The number of nitrogens with zero attached hydrogens (tertiary/aromatic N) is 1. The molecule has 2 rings (SSSR count). The molecule has 1 saturated carbocycles. The van der Waals surface area contributed by atoms with Crippen LogP contribution in [0.4, 0.5) is 0 Å². The molecular formula is C12H19NO3. The van der Waals surface area contributed by atoms with Gasteiger partial charge in [0.15, 0.2) is 0 Å². The second-order valence-electron chi connectivity index (χ2n) is 4.84. The van der Waals surface area contributed by atoms with E-state index in [-0.39, 0.29) is 17.9 Å². The number of amides is 1. The van der Waals surface area contributed by atoms with Gasteiger partial charge in [0.05, 0.1) is 5.92 Å². The van der Waals surface area contributed by atoms with E-state index in [1.54, 1.807) is 0 Å². The molecule has 0 spiro atoms. The third kappa shape index (κ3) is 2.20. The van der Waals surface area contributed by atoms with Crippen LogP contribution in [0.3, 0.4) is 0 Å². The average Bonchev–Trinajstić information content (AvgIpc) is 2.54. The molecule has 0 bridgehead atoms.